The normalized spacial score (nSPS) is 12.5. The standard InChI is InChI=1S/C14H16FN3/c1-8-4-5-11(6-13(8)15)14-17-7-12(9(2)16)10(3)18-14/h4-7,9H,16H2,1-3H3/t9-/m0/s1. The number of hydrogen-bond acceptors (Lipinski definition) is 3. The highest BCUT2D eigenvalue weighted by atomic mass is 19.1. The van der Waals surface area contributed by atoms with Crippen molar-refractivity contribution >= 4 is 0 Å². The van der Waals surface area contributed by atoms with Crippen LogP contribution in [0, 0.1) is 19.7 Å². The molecule has 1 aromatic carbocycles. The van der Waals surface area contributed by atoms with E-state index in [1.165, 1.54) is 6.07 Å². The van der Waals surface area contributed by atoms with Crippen LogP contribution in [0.4, 0.5) is 4.39 Å². The van der Waals surface area contributed by atoms with E-state index in [9.17, 15) is 4.39 Å². The molecule has 0 bridgehead atoms. The lowest BCUT2D eigenvalue weighted by molar-refractivity contribution is 0.619. The van der Waals surface area contributed by atoms with Gasteiger partial charge < -0.3 is 5.73 Å². The summed E-state index contributed by atoms with van der Waals surface area (Å²) in [6, 6.07) is 4.89. The number of rotatable bonds is 2. The summed E-state index contributed by atoms with van der Waals surface area (Å²) in [5, 5.41) is 0. The molecule has 3 nitrogen and oxygen atoms in total. The van der Waals surface area contributed by atoms with Gasteiger partial charge in [-0.1, -0.05) is 12.1 Å². The molecule has 0 aliphatic heterocycles. The van der Waals surface area contributed by atoms with Crippen molar-refractivity contribution in [1.29, 1.82) is 0 Å². The number of nitrogens with zero attached hydrogens (tertiary/aromatic N) is 2. The van der Waals surface area contributed by atoms with Gasteiger partial charge in [-0.15, -0.1) is 0 Å². The van der Waals surface area contributed by atoms with Crippen molar-refractivity contribution < 1.29 is 4.39 Å². The molecule has 0 aliphatic carbocycles. The molecule has 2 rings (SSSR count). The van der Waals surface area contributed by atoms with E-state index in [0.29, 0.717) is 17.0 Å². The lowest BCUT2D eigenvalue weighted by atomic mass is 10.1. The molecule has 0 amide bonds. The highest BCUT2D eigenvalue weighted by molar-refractivity contribution is 5.56. The van der Waals surface area contributed by atoms with E-state index in [-0.39, 0.29) is 11.9 Å². The molecule has 0 radical (unpaired) electrons. The maximum absolute atomic E-state index is 13.5. The van der Waals surface area contributed by atoms with Crippen LogP contribution in [0.5, 0.6) is 0 Å². The first-order valence-electron chi connectivity index (χ1n) is 5.84. The predicted molar refractivity (Wildman–Crippen MR) is 69.5 cm³/mol. The summed E-state index contributed by atoms with van der Waals surface area (Å²) in [4.78, 5) is 8.62. The Kier molecular flexibility index (Phi) is 3.39. The zero-order chi connectivity index (χ0) is 13.3. The monoisotopic (exact) mass is 245 g/mol. The van der Waals surface area contributed by atoms with Gasteiger partial charge in [-0.05, 0) is 32.4 Å². The first kappa shape index (κ1) is 12.6. The van der Waals surface area contributed by atoms with Crippen LogP contribution in [0.3, 0.4) is 0 Å². The highest BCUT2D eigenvalue weighted by Crippen LogP contribution is 2.20. The molecule has 0 spiro atoms. The van der Waals surface area contributed by atoms with Crippen molar-refractivity contribution in [2.45, 2.75) is 26.8 Å². The molecule has 0 unspecified atom stereocenters. The Bertz CT molecular complexity index is 579. The summed E-state index contributed by atoms with van der Waals surface area (Å²) in [6.07, 6.45) is 1.71. The Balaban J connectivity index is 2.45. The molecule has 1 atom stereocenters. The smallest absolute Gasteiger partial charge is 0.159 e. The third kappa shape index (κ3) is 2.38. The second-order valence-corrected chi connectivity index (χ2v) is 4.49. The molecule has 0 saturated carbocycles. The van der Waals surface area contributed by atoms with E-state index in [0.717, 1.165) is 11.3 Å². The van der Waals surface area contributed by atoms with Gasteiger partial charge in [0, 0.05) is 29.1 Å². The maximum Gasteiger partial charge on any atom is 0.159 e. The van der Waals surface area contributed by atoms with Gasteiger partial charge in [0.1, 0.15) is 5.82 Å². The van der Waals surface area contributed by atoms with Gasteiger partial charge in [-0.3, -0.25) is 0 Å². The first-order valence-corrected chi connectivity index (χ1v) is 5.84. The number of benzene rings is 1. The average molecular weight is 245 g/mol. The minimum absolute atomic E-state index is 0.103. The molecule has 0 saturated heterocycles. The summed E-state index contributed by atoms with van der Waals surface area (Å²) in [7, 11) is 0. The van der Waals surface area contributed by atoms with Crippen molar-refractivity contribution in [3.63, 3.8) is 0 Å². The van der Waals surface area contributed by atoms with E-state index in [1.54, 1.807) is 19.2 Å². The van der Waals surface area contributed by atoms with Gasteiger partial charge in [-0.2, -0.15) is 0 Å². The zero-order valence-corrected chi connectivity index (χ0v) is 10.7. The Morgan fingerprint density at radius 2 is 2.00 bits per heavy atom. The molecule has 18 heavy (non-hydrogen) atoms. The molecule has 2 aromatic rings. The largest absolute Gasteiger partial charge is 0.324 e. The van der Waals surface area contributed by atoms with Gasteiger partial charge >= 0.3 is 0 Å². The molecule has 94 valence electrons. The zero-order valence-electron chi connectivity index (χ0n) is 10.7. The summed E-state index contributed by atoms with van der Waals surface area (Å²) in [6.45, 7) is 5.50. The molecular weight excluding hydrogens is 229 g/mol. The van der Waals surface area contributed by atoms with Crippen molar-refractivity contribution in [2.24, 2.45) is 5.73 Å². The van der Waals surface area contributed by atoms with Crippen LogP contribution in [0.1, 0.15) is 29.8 Å². The fraction of sp³-hybridized carbons (Fsp3) is 0.286. The fourth-order valence-corrected chi connectivity index (χ4v) is 1.79. The lowest BCUT2D eigenvalue weighted by Crippen LogP contribution is -2.09. The maximum atomic E-state index is 13.5. The Labute approximate surface area is 106 Å². The summed E-state index contributed by atoms with van der Waals surface area (Å²) in [5.74, 6) is 0.279. The van der Waals surface area contributed by atoms with Crippen LogP contribution in [-0.4, -0.2) is 9.97 Å². The number of aromatic nitrogens is 2. The minimum Gasteiger partial charge on any atom is -0.324 e. The van der Waals surface area contributed by atoms with E-state index in [1.807, 2.05) is 19.9 Å². The number of aryl methyl sites for hydroxylation is 2. The van der Waals surface area contributed by atoms with Gasteiger partial charge in [-0.25, -0.2) is 14.4 Å². The van der Waals surface area contributed by atoms with Crippen molar-refractivity contribution in [2.75, 3.05) is 0 Å². The number of halogens is 1. The molecule has 0 aliphatic rings. The lowest BCUT2D eigenvalue weighted by Gasteiger charge is -2.10. The van der Waals surface area contributed by atoms with E-state index >= 15 is 0 Å². The Morgan fingerprint density at radius 3 is 2.56 bits per heavy atom. The predicted octanol–water partition coefficient (Wildman–Crippen LogP) is 2.92. The first-order chi connectivity index (χ1) is 8.49. The number of nitrogens with two attached hydrogens (primary N) is 1. The Morgan fingerprint density at radius 1 is 1.28 bits per heavy atom. The van der Waals surface area contributed by atoms with Gasteiger partial charge in [0.05, 0.1) is 0 Å². The molecular formula is C14H16FN3. The third-order valence-corrected chi connectivity index (χ3v) is 2.94. The van der Waals surface area contributed by atoms with E-state index in [2.05, 4.69) is 9.97 Å². The summed E-state index contributed by atoms with van der Waals surface area (Å²) < 4.78 is 13.5. The molecule has 0 fully saturated rings. The number of hydrogen-bond donors (Lipinski definition) is 1. The third-order valence-electron chi connectivity index (χ3n) is 2.94. The minimum atomic E-state index is -0.245. The summed E-state index contributed by atoms with van der Waals surface area (Å²) >= 11 is 0. The van der Waals surface area contributed by atoms with Crippen LogP contribution < -0.4 is 5.73 Å². The molecule has 2 N–H and O–H groups in total. The second-order valence-electron chi connectivity index (χ2n) is 4.49. The van der Waals surface area contributed by atoms with Gasteiger partial charge in [0.2, 0.25) is 0 Å². The molecule has 4 heteroatoms. The van der Waals surface area contributed by atoms with Crippen LogP contribution in [0.15, 0.2) is 24.4 Å². The van der Waals surface area contributed by atoms with Crippen molar-refractivity contribution in [3.05, 3.63) is 47.0 Å². The average Bonchev–Trinajstić information content (AvgIpc) is 2.32. The summed E-state index contributed by atoms with van der Waals surface area (Å²) in [5.41, 5.74) is 8.84. The quantitative estimate of drug-likeness (QED) is 0.885. The Hall–Kier alpha value is -1.81. The van der Waals surface area contributed by atoms with Crippen LogP contribution in [-0.2, 0) is 0 Å². The fourth-order valence-electron chi connectivity index (χ4n) is 1.79. The van der Waals surface area contributed by atoms with Crippen molar-refractivity contribution in [3.8, 4) is 11.4 Å². The van der Waals surface area contributed by atoms with Crippen molar-refractivity contribution in [1.82, 2.24) is 9.97 Å². The van der Waals surface area contributed by atoms with Crippen LogP contribution >= 0.6 is 0 Å². The molecule has 1 heterocycles. The van der Waals surface area contributed by atoms with E-state index in [4.69, 9.17) is 5.73 Å². The van der Waals surface area contributed by atoms with E-state index < -0.39 is 0 Å². The molecule has 1 aromatic heterocycles. The van der Waals surface area contributed by atoms with Crippen LogP contribution in [0.2, 0.25) is 0 Å². The van der Waals surface area contributed by atoms with Crippen LogP contribution in [0.25, 0.3) is 11.4 Å². The topological polar surface area (TPSA) is 51.8 Å². The SMILES string of the molecule is Cc1ccc(-c2ncc([C@H](C)N)c(C)n2)cc1F. The van der Waals surface area contributed by atoms with Gasteiger partial charge in [0.15, 0.2) is 5.82 Å². The second kappa shape index (κ2) is 4.82. The van der Waals surface area contributed by atoms with Gasteiger partial charge in [0.25, 0.3) is 0 Å². The highest BCUT2D eigenvalue weighted by Gasteiger charge is 2.09.